The molecule has 43 heavy (non-hydrogen) atoms. The molecule has 3 aromatic carbocycles. The van der Waals surface area contributed by atoms with Crippen LogP contribution in [0.3, 0.4) is 0 Å². The van der Waals surface area contributed by atoms with E-state index >= 15 is 0 Å². The van der Waals surface area contributed by atoms with Gasteiger partial charge in [0.2, 0.25) is 11.7 Å². The van der Waals surface area contributed by atoms with Crippen molar-refractivity contribution in [2.75, 3.05) is 23.9 Å². The fraction of sp³-hybridized carbons (Fsp3) is 0.188. The minimum atomic E-state index is -0.938. The number of carbonyl (C=O) groups excluding carboxylic acids is 3. The van der Waals surface area contributed by atoms with Gasteiger partial charge in [0.1, 0.15) is 24.2 Å². The van der Waals surface area contributed by atoms with Gasteiger partial charge in [-0.15, -0.1) is 5.10 Å². The van der Waals surface area contributed by atoms with Crippen molar-refractivity contribution in [3.05, 3.63) is 108 Å². The van der Waals surface area contributed by atoms with E-state index in [0.29, 0.717) is 35.8 Å². The summed E-state index contributed by atoms with van der Waals surface area (Å²) in [6, 6.07) is 23.7. The van der Waals surface area contributed by atoms with Crippen molar-refractivity contribution >= 4 is 40.0 Å². The predicted molar refractivity (Wildman–Crippen MR) is 161 cm³/mol. The molecule has 3 amide bonds. The number of amides is 3. The highest BCUT2D eigenvalue weighted by Gasteiger charge is 2.31. The molecule has 1 atom stereocenters. The number of carbonyl (C=O) groups is 3. The van der Waals surface area contributed by atoms with Gasteiger partial charge in [-0.25, -0.2) is 4.98 Å². The second kappa shape index (κ2) is 12.1. The van der Waals surface area contributed by atoms with Crippen LogP contribution >= 0.6 is 0 Å². The maximum Gasteiger partial charge on any atom is 0.291 e. The molecule has 3 heterocycles. The van der Waals surface area contributed by atoms with E-state index in [-0.39, 0.29) is 30.7 Å². The summed E-state index contributed by atoms with van der Waals surface area (Å²) in [6.45, 7) is -0.0500. The van der Waals surface area contributed by atoms with Crippen molar-refractivity contribution in [2.45, 2.75) is 25.3 Å². The number of hydrogen-bond acceptors (Lipinski definition) is 7. The van der Waals surface area contributed by atoms with E-state index < -0.39 is 11.9 Å². The Bertz CT molecular complexity index is 1800. The van der Waals surface area contributed by atoms with Crippen LogP contribution < -0.4 is 20.3 Å². The number of likely N-dealkylation sites (N-methyl/N-ethyl adjacent to an activating group) is 1. The van der Waals surface area contributed by atoms with Gasteiger partial charge in [-0.1, -0.05) is 48.5 Å². The molecule has 1 aliphatic rings. The second-order valence-corrected chi connectivity index (χ2v) is 10.3. The highest BCUT2D eigenvalue weighted by molar-refractivity contribution is 6.02. The molecule has 5 aromatic rings. The molecule has 11 nitrogen and oxygen atoms in total. The molecule has 0 aliphatic carbocycles. The van der Waals surface area contributed by atoms with E-state index in [4.69, 9.17) is 4.74 Å². The number of rotatable bonds is 8. The third kappa shape index (κ3) is 6.35. The zero-order valence-corrected chi connectivity index (χ0v) is 23.4. The molecule has 0 fully saturated rings. The van der Waals surface area contributed by atoms with Gasteiger partial charge in [-0.05, 0) is 47.9 Å². The van der Waals surface area contributed by atoms with E-state index in [1.54, 1.807) is 19.3 Å². The molecule has 1 aliphatic heterocycles. The molecular formula is C32H29N7O4. The van der Waals surface area contributed by atoms with Crippen LogP contribution in [-0.4, -0.2) is 57.6 Å². The van der Waals surface area contributed by atoms with Gasteiger partial charge >= 0.3 is 0 Å². The first-order valence-electron chi connectivity index (χ1n) is 13.9. The maximum absolute atomic E-state index is 13.3. The Morgan fingerprint density at radius 1 is 1.02 bits per heavy atom. The van der Waals surface area contributed by atoms with Crippen LogP contribution in [0.15, 0.2) is 85.1 Å². The summed E-state index contributed by atoms with van der Waals surface area (Å²) in [5, 5.41) is 13.4. The van der Waals surface area contributed by atoms with Crippen molar-refractivity contribution < 1.29 is 19.1 Å². The van der Waals surface area contributed by atoms with Crippen LogP contribution in [-0.2, 0) is 22.4 Å². The topological polar surface area (TPSA) is 142 Å². The van der Waals surface area contributed by atoms with E-state index in [0.717, 1.165) is 22.0 Å². The first-order valence-corrected chi connectivity index (χ1v) is 13.9. The summed E-state index contributed by atoms with van der Waals surface area (Å²) in [7, 11) is 1.63. The van der Waals surface area contributed by atoms with Crippen LogP contribution in [0.2, 0.25) is 0 Å². The van der Waals surface area contributed by atoms with Gasteiger partial charge in [0.25, 0.3) is 11.8 Å². The Kier molecular flexibility index (Phi) is 7.77. The summed E-state index contributed by atoms with van der Waals surface area (Å²) in [6.07, 6.45) is 2.92. The average molecular weight is 576 g/mol. The first kappa shape index (κ1) is 27.6. The standard InChI is InChI=1S/C32H29N7O4/c1-39-26-16-21(10-14-29(40)34-23-12-11-22-8-5-15-33-24(22)18-23)9-13-27(26)43-19-25(32(39)42)35-31(41)30-36-28(37-38-30)17-20-6-3-2-4-7-20/h2-9,11-13,15-16,18,25H,10,14,17,19H2,1H3,(H,34,40)(H,35,41)(H,36,37,38). The number of aromatic amines is 1. The summed E-state index contributed by atoms with van der Waals surface area (Å²) in [5.41, 5.74) is 3.94. The number of anilines is 2. The fourth-order valence-corrected chi connectivity index (χ4v) is 4.92. The van der Waals surface area contributed by atoms with Crippen molar-refractivity contribution in [2.24, 2.45) is 0 Å². The lowest BCUT2D eigenvalue weighted by Crippen LogP contribution is -2.49. The molecule has 11 heteroatoms. The molecule has 0 spiro atoms. The Balaban J connectivity index is 1.06. The van der Waals surface area contributed by atoms with Crippen LogP contribution in [0, 0.1) is 0 Å². The van der Waals surface area contributed by atoms with Crippen LogP contribution in [0.25, 0.3) is 10.9 Å². The predicted octanol–water partition coefficient (Wildman–Crippen LogP) is 3.67. The number of aromatic nitrogens is 4. The first-order chi connectivity index (χ1) is 20.9. The fourth-order valence-electron chi connectivity index (χ4n) is 4.92. The molecule has 6 rings (SSSR count). The van der Waals surface area contributed by atoms with Gasteiger partial charge in [0.15, 0.2) is 0 Å². The van der Waals surface area contributed by atoms with Gasteiger partial charge in [0.05, 0.1) is 11.2 Å². The molecule has 0 radical (unpaired) electrons. The zero-order chi connectivity index (χ0) is 29.8. The van der Waals surface area contributed by atoms with Crippen molar-refractivity contribution in [3.8, 4) is 5.75 Å². The smallest absolute Gasteiger partial charge is 0.291 e. The van der Waals surface area contributed by atoms with Crippen molar-refractivity contribution in [3.63, 3.8) is 0 Å². The minimum Gasteiger partial charge on any atom is -0.489 e. The maximum atomic E-state index is 13.3. The lowest BCUT2D eigenvalue weighted by atomic mass is 10.1. The van der Waals surface area contributed by atoms with E-state index in [9.17, 15) is 14.4 Å². The second-order valence-electron chi connectivity index (χ2n) is 10.3. The number of hydrogen-bond donors (Lipinski definition) is 3. The van der Waals surface area contributed by atoms with Crippen molar-refractivity contribution in [1.29, 1.82) is 0 Å². The highest BCUT2D eigenvalue weighted by Crippen LogP contribution is 2.32. The third-order valence-electron chi connectivity index (χ3n) is 7.20. The van der Waals surface area contributed by atoms with E-state index in [1.165, 1.54) is 4.90 Å². The van der Waals surface area contributed by atoms with Crippen molar-refractivity contribution in [1.82, 2.24) is 25.5 Å². The van der Waals surface area contributed by atoms with Gasteiger partial charge < -0.3 is 20.3 Å². The largest absolute Gasteiger partial charge is 0.489 e. The quantitative estimate of drug-likeness (QED) is 0.256. The summed E-state index contributed by atoms with van der Waals surface area (Å²) in [5.74, 6) is -0.0544. The number of aryl methyl sites for hydroxylation is 1. The van der Waals surface area contributed by atoms with Crippen LogP contribution in [0.1, 0.15) is 34.0 Å². The monoisotopic (exact) mass is 575 g/mol. The highest BCUT2D eigenvalue weighted by atomic mass is 16.5. The average Bonchev–Trinajstić information content (AvgIpc) is 3.46. The number of nitrogens with one attached hydrogen (secondary N) is 3. The Morgan fingerprint density at radius 2 is 1.88 bits per heavy atom. The minimum absolute atomic E-state index is 0.0500. The number of nitrogens with zero attached hydrogens (tertiary/aromatic N) is 4. The number of ether oxygens (including phenoxy) is 1. The molecule has 216 valence electrons. The van der Waals surface area contributed by atoms with Gasteiger partial charge in [0, 0.05) is 37.2 Å². The summed E-state index contributed by atoms with van der Waals surface area (Å²) in [4.78, 5) is 48.9. The summed E-state index contributed by atoms with van der Waals surface area (Å²) >= 11 is 0. The van der Waals surface area contributed by atoms with Gasteiger partial charge in [-0.3, -0.25) is 24.5 Å². The van der Waals surface area contributed by atoms with E-state index in [1.807, 2.05) is 72.8 Å². The molecular weight excluding hydrogens is 546 g/mol. The lowest BCUT2D eigenvalue weighted by Gasteiger charge is -2.20. The Hall–Kier alpha value is -5.58. The molecule has 0 saturated carbocycles. The molecule has 0 saturated heterocycles. The number of H-pyrrole nitrogens is 1. The Labute approximate surface area is 247 Å². The lowest BCUT2D eigenvalue weighted by molar-refractivity contribution is -0.120. The number of pyridine rings is 1. The molecule has 1 unspecified atom stereocenters. The van der Waals surface area contributed by atoms with Crippen LogP contribution in [0.4, 0.5) is 11.4 Å². The third-order valence-corrected chi connectivity index (χ3v) is 7.20. The SMILES string of the molecule is CN1C(=O)C(NC(=O)c2n[nH]c(Cc3ccccc3)n2)COc2ccc(CCC(=O)Nc3ccc4cccnc4c3)cc21. The van der Waals surface area contributed by atoms with Gasteiger partial charge in [-0.2, -0.15) is 0 Å². The Morgan fingerprint density at radius 3 is 2.74 bits per heavy atom. The number of benzene rings is 3. The molecule has 3 N–H and O–H groups in total. The normalized spacial score (nSPS) is 14.5. The zero-order valence-electron chi connectivity index (χ0n) is 23.4. The van der Waals surface area contributed by atoms with E-state index in [2.05, 4.69) is 30.8 Å². The molecule has 0 bridgehead atoms. The number of fused-ring (bicyclic) bond motifs is 2. The van der Waals surface area contributed by atoms with Crippen LogP contribution in [0.5, 0.6) is 5.75 Å². The summed E-state index contributed by atoms with van der Waals surface area (Å²) < 4.78 is 5.91. The molecule has 2 aromatic heterocycles.